The zero-order valence-corrected chi connectivity index (χ0v) is 19.9. The van der Waals surface area contributed by atoms with E-state index in [9.17, 15) is 4.79 Å². The highest BCUT2D eigenvalue weighted by molar-refractivity contribution is 5.78. The van der Waals surface area contributed by atoms with Crippen molar-refractivity contribution in [2.24, 2.45) is 5.92 Å². The van der Waals surface area contributed by atoms with Crippen LogP contribution >= 0.6 is 0 Å². The van der Waals surface area contributed by atoms with E-state index in [0.29, 0.717) is 6.42 Å². The SMILES string of the molecule is O=C(Cc1ccc(-c2ccc(OCCCN3CCCCC3)cc2)cn1)NCCC1CCCC1. The maximum absolute atomic E-state index is 12.2. The van der Waals surface area contributed by atoms with E-state index in [1.54, 1.807) is 0 Å². The Morgan fingerprint density at radius 3 is 2.45 bits per heavy atom. The Morgan fingerprint density at radius 2 is 1.73 bits per heavy atom. The molecule has 5 heteroatoms. The molecule has 178 valence electrons. The number of aromatic nitrogens is 1. The van der Waals surface area contributed by atoms with Crippen LogP contribution in [0.25, 0.3) is 11.1 Å². The molecular weight excluding hydrogens is 410 g/mol. The molecule has 0 spiro atoms. The Balaban J connectivity index is 1.16. The van der Waals surface area contributed by atoms with Gasteiger partial charge in [-0.15, -0.1) is 0 Å². The van der Waals surface area contributed by atoms with Crippen molar-refractivity contribution in [1.29, 1.82) is 0 Å². The minimum Gasteiger partial charge on any atom is -0.494 e. The number of carbonyl (C=O) groups is 1. The number of hydrogen-bond acceptors (Lipinski definition) is 4. The highest BCUT2D eigenvalue weighted by atomic mass is 16.5. The molecule has 1 aromatic carbocycles. The van der Waals surface area contributed by atoms with Crippen molar-refractivity contribution in [2.75, 3.05) is 32.8 Å². The Bertz CT molecular complexity index is 838. The van der Waals surface area contributed by atoms with Gasteiger partial charge in [-0.05, 0) is 68.5 Å². The minimum absolute atomic E-state index is 0.0648. The Morgan fingerprint density at radius 1 is 0.970 bits per heavy atom. The molecule has 1 N–H and O–H groups in total. The lowest BCUT2D eigenvalue weighted by Gasteiger charge is -2.26. The van der Waals surface area contributed by atoms with Gasteiger partial charge in [-0.2, -0.15) is 0 Å². The summed E-state index contributed by atoms with van der Waals surface area (Å²) in [6, 6.07) is 12.2. The number of piperidine rings is 1. The number of ether oxygens (including phenoxy) is 1. The van der Waals surface area contributed by atoms with Gasteiger partial charge >= 0.3 is 0 Å². The Hall–Kier alpha value is -2.40. The van der Waals surface area contributed by atoms with E-state index < -0.39 is 0 Å². The number of benzene rings is 1. The predicted molar refractivity (Wildman–Crippen MR) is 133 cm³/mol. The molecule has 1 saturated heterocycles. The van der Waals surface area contributed by atoms with E-state index >= 15 is 0 Å². The van der Waals surface area contributed by atoms with Crippen molar-refractivity contribution in [2.45, 2.75) is 64.2 Å². The van der Waals surface area contributed by atoms with Crippen LogP contribution in [0.4, 0.5) is 0 Å². The summed E-state index contributed by atoms with van der Waals surface area (Å²) < 4.78 is 5.93. The number of pyridine rings is 1. The lowest BCUT2D eigenvalue weighted by atomic mass is 10.0. The molecule has 0 radical (unpaired) electrons. The van der Waals surface area contributed by atoms with Crippen LogP contribution in [-0.4, -0.2) is 48.6 Å². The molecule has 1 saturated carbocycles. The second-order valence-corrected chi connectivity index (χ2v) is 9.63. The number of hydrogen-bond donors (Lipinski definition) is 1. The number of amides is 1. The topological polar surface area (TPSA) is 54.5 Å². The highest BCUT2D eigenvalue weighted by Gasteiger charge is 2.15. The first kappa shape index (κ1) is 23.7. The van der Waals surface area contributed by atoms with Gasteiger partial charge in [0.15, 0.2) is 0 Å². The van der Waals surface area contributed by atoms with E-state index in [1.807, 2.05) is 30.5 Å². The summed E-state index contributed by atoms with van der Waals surface area (Å²) in [4.78, 5) is 19.3. The summed E-state index contributed by atoms with van der Waals surface area (Å²) in [6.07, 6.45) is 13.8. The van der Waals surface area contributed by atoms with E-state index in [1.165, 1.54) is 58.0 Å². The van der Waals surface area contributed by atoms with Gasteiger partial charge in [0.2, 0.25) is 5.91 Å². The molecule has 2 heterocycles. The summed E-state index contributed by atoms with van der Waals surface area (Å²) >= 11 is 0. The van der Waals surface area contributed by atoms with Gasteiger partial charge in [-0.3, -0.25) is 9.78 Å². The van der Waals surface area contributed by atoms with Crippen LogP contribution < -0.4 is 10.1 Å². The Labute approximate surface area is 198 Å². The van der Waals surface area contributed by atoms with E-state index in [-0.39, 0.29) is 5.91 Å². The smallest absolute Gasteiger partial charge is 0.226 e. The quantitative estimate of drug-likeness (QED) is 0.477. The first-order valence-corrected chi connectivity index (χ1v) is 12.9. The number of nitrogens with zero attached hydrogens (tertiary/aromatic N) is 2. The molecule has 2 fully saturated rings. The predicted octanol–water partition coefficient (Wildman–Crippen LogP) is 5.24. The summed E-state index contributed by atoms with van der Waals surface area (Å²) in [5.41, 5.74) is 2.97. The number of nitrogens with one attached hydrogen (secondary N) is 1. The normalized spacial score (nSPS) is 17.2. The number of carbonyl (C=O) groups excluding carboxylic acids is 1. The molecule has 1 aromatic heterocycles. The fourth-order valence-electron chi connectivity index (χ4n) is 5.05. The Kier molecular flexibility index (Phi) is 9.17. The molecule has 0 unspecified atom stereocenters. The van der Waals surface area contributed by atoms with Crippen molar-refractivity contribution in [3.05, 3.63) is 48.3 Å². The summed E-state index contributed by atoms with van der Waals surface area (Å²) in [5.74, 6) is 1.78. The molecule has 0 atom stereocenters. The standard InChI is InChI=1S/C28H39N3O2/c32-28(29-16-15-23-7-2-3-8-23)21-26-12-9-25(22-30-26)24-10-13-27(14-11-24)33-20-6-19-31-17-4-1-5-18-31/h9-14,22-23H,1-8,15-21H2,(H,29,32). The zero-order chi connectivity index (χ0) is 22.7. The van der Waals surface area contributed by atoms with E-state index in [0.717, 1.165) is 61.0 Å². The van der Waals surface area contributed by atoms with Gasteiger partial charge in [0.1, 0.15) is 5.75 Å². The van der Waals surface area contributed by atoms with Crippen LogP contribution in [0.3, 0.4) is 0 Å². The average molecular weight is 450 g/mol. The maximum atomic E-state index is 12.2. The van der Waals surface area contributed by atoms with Gasteiger partial charge in [-0.1, -0.05) is 50.3 Å². The van der Waals surface area contributed by atoms with Crippen LogP contribution in [0.1, 0.15) is 63.5 Å². The third-order valence-electron chi connectivity index (χ3n) is 7.04. The van der Waals surface area contributed by atoms with Crippen LogP contribution in [0.5, 0.6) is 5.75 Å². The summed E-state index contributed by atoms with van der Waals surface area (Å²) in [6.45, 7) is 5.16. The number of rotatable bonds is 11. The average Bonchev–Trinajstić information content (AvgIpc) is 3.37. The third kappa shape index (κ3) is 7.85. The highest BCUT2D eigenvalue weighted by Crippen LogP contribution is 2.27. The van der Waals surface area contributed by atoms with Gasteiger partial charge < -0.3 is 15.0 Å². The maximum Gasteiger partial charge on any atom is 0.226 e. The zero-order valence-electron chi connectivity index (χ0n) is 19.9. The molecule has 0 bridgehead atoms. The molecular formula is C28H39N3O2. The summed E-state index contributed by atoms with van der Waals surface area (Å²) in [7, 11) is 0. The van der Waals surface area contributed by atoms with E-state index in [4.69, 9.17) is 4.74 Å². The molecule has 1 aliphatic heterocycles. The third-order valence-corrected chi connectivity index (χ3v) is 7.04. The van der Waals surface area contributed by atoms with Crippen molar-refractivity contribution in [1.82, 2.24) is 15.2 Å². The van der Waals surface area contributed by atoms with Gasteiger partial charge in [0.05, 0.1) is 13.0 Å². The fraction of sp³-hybridized carbons (Fsp3) is 0.571. The molecule has 1 amide bonds. The minimum atomic E-state index is 0.0648. The van der Waals surface area contributed by atoms with Crippen LogP contribution in [0, 0.1) is 5.92 Å². The summed E-state index contributed by atoms with van der Waals surface area (Å²) in [5, 5.41) is 3.05. The fourth-order valence-corrected chi connectivity index (χ4v) is 5.05. The second-order valence-electron chi connectivity index (χ2n) is 9.63. The van der Waals surface area contributed by atoms with Gasteiger partial charge in [-0.25, -0.2) is 0 Å². The molecule has 4 rings (SSSR count). The lowest BCUT2D eigenvalue weighted by molar-refractivity contribution is -0.120. The molecule has 5 nitrogen and oxygen atoms in total. The number of likely N-dealkylation sites (tertiary alicyclic amines) is 1. The van der Waals surface area contributed by atoms with Gasteiger partial charge in [0.25, 0.3) is 0 Å². The first-order valence-electron chi connectivity index (χ1n) is 12.9. The van der Waals surface area contributed by atoms with E-state index in [2.05, 4.69) is 27.3 Å². The van der Waals surface area contributed by atoms with Crippen molar-refractivity contribution < 1.29 is 9.53 Å². The molecule has 33 heavy (non-hydrogen) atoms. The van der Waals surface area contributed by atoms with Crippen molar-refractivity contribution in [3.8, 4) is 16.9 Å². The van der Waals surface area contributed by atoms with Crippen molar-refractivity contribution in [3.63, 3.8) is 0 Å². The molecule has 2 aromatic rings. The second kappa shape index (κ2) is 12.7. The largest absolute Gasteiger partial charge is 0.494 e. The lowest BCUT2D eigenvalue weighted by Crippen LogP contribution is -2.31. The molecule has 1 aliphatic carbocycles. The van der Waals surface area contributed by atoms with Crippen LogP contribution in [0.2, 0.25) is 0 Å². The van der Waals surface area contributed by atoms with Crippen molar-refractivity contribution >= 4 is 5.91 Å². The molecule has 2 aliphatic rings. The van der Waals surface area contributed by atoms with Crippen LogP contribution in [0.15, 0.2) is 42.6 Å². The van der Waals surface area contributed by atoms with Crippen LogP contribution in [-0.2, 0) is 11.2 Å². The van der Waals surface area contributed by atoms with Gasteiger partial charge in [0, 0.05) is 30.5 Å². The first-order chi connectivity index (χ1) is 16.3. The monoisotopic (exact) mass is 449 g/mol.